The van der Waals surface area contributed by atoms with Gasteiger partial charge in [0, 0.05) is 22.6 Å². The van der Waals surface area contributed by atoms with Crippen LogP contribution >= 0.6 is 11.8 Å². The van der Waals surface area contributed by atoms with Crippen LogP contribution in [0.15, 0.2) is 0 Å². The van der Waals surface area contributed by atoms with Crippen molar-refractivity contribution in [1.29, 1.82) is 0 Å². The van der Waals surface area contributed by atoms with E-state index < -0.39 is 0 Å². The lowest BCUT2D eigenvalue weighted by molar-refractivity contribution is 0.433. The second kappa shape index (κ2) is 5.55. The Balaban J connectivity index is 1.83. The Hall–Kier alpha value is 0.270. The zero-order valence-electron chi connectivity index (χ0n) is 9.53. The van der Waals surface area contributed by atoms with E-state index in [2.05, 4.69) is 11.8 Å². The molecule has 0 aromatic carbocycles. The Morgan fingerprint density at radius 3 is 1.47 bits per heavy atom. The molecule has 2 rings (SSSR count). The highest BCUT2D eigenvalue weighted by atomic mass is 32.2. The summed E-state index contributed by atoms with van der Waals surface area (Å²) in [5.74, 6) is 0. The number of hydrogen-bond donors (Lipinski definition) is 2. The summed E-state index contributed by atoms with van der Waals surface area (Å²) in [4.78, 5) is 0. The van der Waals surface area contributed by atoms with Crippen molar-refractivity contribution in [3.8, 4) is 0 Å². The Morgan fingerprint density at radius 1 is 0.667 bits per heavy atom. The van der Waals surface area contributed by atoms with Gasteiger partial charge in [-0.1, -0.05) is 25.7 Å². The number of thioether (sulfide) groups is 1. The highest BCUT2D eigenvalue weighted by Crippen LogP contribution is 2.36. The molecule has 0 radical (unpaired) electrons. The predicted octanol–water partition coefficient (Wildman–Crippen LogP) is 2.26. The molecule has 4 N–H and O–H groups in total. The SMILES string of the molecule is NC1CCCCC1SC1CCCCC1N. The second-order valence-electron chi connectivity index (χ2n) is 5.11. The van der Waals surface area contributed by atoms with Gasteiger partial charge in [-0.2, -0.15) is 11.8 Å². The minimum atomic E-state index is 0.429. The third kappa shape index (κ3) is 3.11. The predicted molar refractivity (Wildman–Crippen MR) is 68.1 cm³/mol. The minimum Gasteiger partial charge on any atom is -0.327 e. The van der Waals surface area contributed by atoms with Gasteiger partial charge in [0.05, 0.1) is 0 Å². The van der Waals surface area contributed by atoms with Crippen LogP contribution in [0.4, 0.5) is 0 Å². The van der Waals surface area contributed by atoms with Crippen molar-refractivity contribution in [3.63, 3.8) is 0 Å². The zero-order valence-corrected chi connectivity index (χ0v) is 10.3. The van der Waals surface area contributed by atoms with Crippen molar-refractivity contribution in [1.82, 2.24) is 0 Å². The van der Waals surface area contributed by atoms with Crippen LogP contribution in [0.3, 0.4) is 0 Å². The Kier molecular flexibility index (Phi) is 4.35. The van der Waals surface area contributed by atoms with Gasteiger partial charge in [0.2, 0.25) is 0 Å². The average molecular weight is 228 g/mol. The molecular formula is C12H24N2S. The fourth-order valence-electron chi connectivity index (χ4n) is 2.81. The minimum absolute atomic E-state index is 0.429. The van der Waals surface area contributed by atoms with Crippen LogP contribution in [0, 0.1) is 0 Å². The molecule has 0 aromatic rings. The maximum Gasteiger partial charge on any atom is 0.0202 e. The van der Waals surface area contributed by atoms with E-state index in [1.807, 2.05) is 0 Å². The van der Waals surface area contributed by atoms with Crippen LogP contribution in [0.25, 0.3) is 0 Å². The summed E-state index contributed by atoms with van der Waals surface area (Å²) in [6.07, 6.45) is 10.5. The maximum absolute atomic E-state index is 6.18. The van der Waals surface area contributed by atoms with E-state index in [1.54, 1.807) is 0 Å². The molecule has 2 saturated carbocycles. The standard InChI is InChI=1S/C12H24N2S/c13-9-5-1-3-7-11(9)15-12-8-4-2-6-10(12)14/h9-12H,1-8,13-14H2. The van der Waals surface area contributed by atoms with Crippen LogP contribution in [0.1, 0.15) is 51.4 Å². The van der Waals surface area contributed by atoms with E-state index in [4.69, 9.17) is 11.5 Å². The van der Waals surface area contributed by atoms with E-state index in [0.29, 0.717) is 22.6 Å². The Morgan fingerprint density at radius 2 is 1.07 bits per heavy atom. The van der Waals surface area contributed by atoms with Crippen molar-refractivity contribution in [2.45, 2.75) is 74.0 Å². The second-order valence-corrected chi connectivity index (χ2v) is 6.59. The summed E-state index contributed by atoms with van der Waals surface area (Å²) in [5.41, 5.74) is 12.4. The van der Waals surface area contributed by atoms with Crippen molar-refractivity contribution in [3.05, 3.63) is 0 Å². The molecule has 0 aromatic heterocycles. The molecule has 2 nitrogen and oxygen atoms in total. The molecule has 0 spiro atoms. The summed E-state index contributed by atoms with van der Waals surface area (Å²) in [6, 6.07) is 0.857. The molecule has 0 bridgehead atoms. The Labute approximate surface area is 97.5 Å². The molecule has 0 amide bonds. The van der Waals surface area contributed by atoms with E-state index in [-0.39, 0.29) is 0 Å². The first-order valence-electron chi connectivity index (χ1n) is 6.44. The lowest BCUT2D eigenvalue weighted by Gasteiger charge is -2.35. The quantitative estimate of drug-likeness (QED) is 0.762. The van der Waals surface area contributed by atoms with E-state index in [1.165, 1.54) is 51.4 Å². The van der Waals surface area contributed by atoms with Gasteiger partial charge in [0.15, 0.2) is 0 Å². The lowest BCUT2D eigenvalue weighted by atomic mass is 9.95. The fraction of sp³-hybridized carbons (Fsp3) is 1.00. The summed E-state index contributed by atoms with van der Waals surface area (Å²) >= 11 is 2.11. The molecule has 15 heavy (non-hydrogen) atoms. The monoisotopic (exact) mass is 228 g/mol. The molecule has 2 fully saturated rings. The summed E-state index contributed by atoms with van der Waals surface area (Å²) in [7, 11) is 0. The number of hydrogen-bond acceptors (Lipinski definition) is 3. The lowest BCUT2D eigenvalue weighted by Crippen LogP contribution is -2.41. The molecule has 88 valence electrons. The smallest absolute Gasteiger partial charge is 0.0202 e. The van der Waals surface area contributed by atoms with Gasteiger partial charge >= 0.3 is 0 Å². The first-order valence-corrected chi connectivity index (χ1v) is 7.38. The topological polar surface area (TPSA) is 52.0 Å². The average Bonchev–Trinajstić information content (AvgIpc) is 2.24. The molecule has 0 heterocycles. The number of nitrogens with two attached hydrogens (primary N) is 2. The summed E-state index contributed by atoms with van der Waals surface area (Å²) < 4.78 is 0. The highest BCUT2D eigenvalue weighted by Gasteiger charge is 2.29. The molecule has 2 aliphatic rings. The first-order chi connectivity index (χ1) is 7.27. The fourth-order valence-corrected chi connectivity index (χ4v) is 4.54. The zero-order chi connectivity index (χ0) is 10.7. The normalized spacial score (nSPS) is 42.8. The van der Waals surface area contributed by atoms with Gasteiger partial charge in [0.1, 0.15) is 0 Å². The van der Waals surface area contributed by atoms with Crippen molar-refractivity contribution in [2.24, 2.45) is 11.5 Å². The van der Waals surface area contributed by atoms with Crippen LogP contribution in [-0.4, -0.2) is 22.6 Å². The van der Waals surface area contributed by atoms with E-state index in [0.717, 1.165) is 0 Å². The van der Waals surface area contributed by atoms with Gasteiger partial charge < -0.3 is 11.5 Å². The van der Waals surface area contributed by atoms with Crippen molar-refractivity contribution in [2.75, 3.05) is 0 Å². The number of rotatable bonds is 2. The van der Waals surface area contributed by atoms with Crippen molar-refractivity contribution >= 4 is 11.8 Å². The molecule has 2 aliphatic carbocycles. The van der Waals surface area contributed by atoms with Gasteiger partial charge in [-0.25, -0.2) is 0 Å². The van der Waals surface area contributed by atoms with E-state index >= 15 is 0 Å². The first kappa shape index (κ1) is 11.7. The maximum atomic E-state index is 6.18. The molecule has 4 unspecified atom stereocenters. The Bertz CT molecular complexity index is 178. The molecule has 4 atom stereocenters. The van der Waals surface area contributed by atoms with Gasteiger partial charge in [0.25, 0.3) is 0 Å². The van der Waals surface area contributed by atoms with Crippen LogP contribution < -0.4 is 11.5 Å². The van der Waals surface area contributed by atoms with Gasteiger partial charge in [-0.15, -0.1) is 0 Å². The van der Waals surface area contributed by atoms with Gasteiger partial charge in [-0.05, 0) is 25.7 Å². The molecule has 3 heteroatoms. The van der Waals surface area contributed by atoms with Crippen LogP contribution in [0.2, 0.25) is 0 Å². The van der Waals surface area contributed by atoms with Gasteiger partial charge in [-0.3, -0.25) is 0 Å². The molecule has 0 aliphatic heterocycles. The van der Waals surface area contributed by atoms with Crippen LogP contribution in [0.5, 0.6) is 0 Å². The molecule has 0 saturated heterocycles. The van der Waals surface area contributed by atoms with Crippen molar-refractivity contribution < 1.29 is 0 Å². The highest BCUT2D eigenvalue weighted by molar-refractivity contribution is 8.00. The largest absolute Gasteiger partial charge is 0.327 e. The molecular weight excluding hydrogens is 204 g/mol. The van der Waals surface area contributed by atoms with Crippen LogP contribution in [-0.2, 0) is 0 Å². The third-order valence-electron chi connectivity index (χ3n) is 3.86. The summed E-state index contributed by atoms with van der Waals surface area (Å²) in [5, 5.41) is 1.38. The third-order valence-corrected chi connectivity index (χ3v) is 5.73. The van der Waals surface area contributed by atoms with E-state index in [9.17, 15) is 0 Å². The summed E-state index contributed by atoms with van der Waals surface area (Å²) in [6.45, 7) is 0.